The molecular weight excluding hydrogens is 171 g/mol. The van der Waals surface area contributed by atoms with E-state index in [1.807, 2.05) is 0 Å². The maximum Gasteiger partial charge on any atom is 0.415 e. The average molecular weight is 185 g/mol. The Morgan fingerprint density at radius 2 is 1.75 bits per heavy atom. The van der Waals surface area contributed by atoms with E-state index < -0.39 is 12.3 Å². The van der Waals surface area contributed by atoms with Crippen molar-refractivity contribution in [3.8, 4) is 0 Å². The van der Waals surface area contributed by atoms with Gasteiger partial charge >= 0.3 is 6.18 Å². The maximum absolute atomic E-state index is 11.8. The van der Waals surface area contributed by atoms with Crippen LogP contribution in [-0.4, -0.2) is 41.9 Å². The van der Waals surface area contributed by atoms with Gasteiger partial charge in [0.2, 0.25) is 0 Å². The molecule has 2 nitrogen and oxygen atoms in total. The quantitative estimate of drug-likeness (QED) is 0.715. The second-order valence-electron chi connectivity index (χ2n) is 3.09. The minimum absolute atomic E-state index is 0.00185. The molecule has 0 rings (SSSR count). The van der Waals surface area contributed by atoms with Crippen LogP contribution in [0.1, 0.15) is 13.8 Å². The smallest absolute Gasteiger partial charge is 0.382 e. The van der Waals surface area contributed by atoms with Crippen molar-refractivity contribution in [2.45, 2.75) is 32.2 Å². The van der Waals surface area contributed by atoms with Crippen LogP contribution in [0, 0.1) is 0 Å². The number of aliphatic hydroxyl groups excluding tert-OH is 1. The number of halogens is 3. The molecule has 0 aliphatic heterocycles. The molecule has 0 aliphatic rings. The summed E-state index contributed by atoms with van der Waals surface area (Å²) in [7, 11) is 1.54. The molecular formula is C7H14F3NO. The minimum atomic E-state index is -4.51. The first-order valence-electron chi connectivity index (χ1n) is 3.70. The number of nitrogens with zero attached hydrogens (tertiary/aromatic N) is 1. The lowest BCUT2D eigenvalue weighted by Gasteiger charge is -2.25. The van der Waals surface area contributed by atoms with E-state index in [4.69, 9.17) is 5.11 Å². The number of alkyl halides is 3. The lowest BCUT2D eigenvalue weighted by atomic mass is 10.3. The molecule has 0 bridgehead atoms. The molecule has 0 fully saturated rings. The number of rotatable bonds is 3. The van der Waals surface area contributed by atoms with Gasteiger partial charge in [0.1, 0.15) is 0 Å². The maximum atomic E-state index is 11.8. The molecule has 0 radical (unpaired) electrons. The van der Waals surface area contributed by atoms with E-state index in [-0.39, 0.29) is 12.6 Å². The molecule has 74 valence electrons. The van der Waals surface area contributed by atoms with Gasteiger partial charge in [0.25, 0.3) is 0 Å². The van der Waals surface area contributed by atoms with Crippen LogP contribution in [0.5, 0.6) is 0 Å². The van der Waals surface area contributed by atoms with Gasteiger partial charge in [-0.3, -0.25) is 0 Å². The van der Waals surface area contributed by atoms with Crippen molar-refractivity contribution in [1.82, 2.24) is 4.90 Å². The third-order valence-electron chi connectivity index (χ3n) is 1.72. The molecule has 0 saturated heterocycles. The number of likely N-dealkylation sites (N-methyl/N-ethyl adjacent to an activating group) is 1. The zero-order valence-corrected chi connectivity index (χ0v) is 7.39. The highest BCUT2D eigenvalue weighted by Gasteiger charge is 2.38. The second kappa shape index (κ2) is 4.09. The summed E-state index contributed by atoms with van der Waals surface area (Å²) in [5.41, 5.74) is 0. The van der Waals surface area contributed by atoms with Crippen molar-refractivity contribution >= 4 is 0 Å². The molecule has 0 aromatic carbocycles. The van der Waals surface area contributed by atoms with Crippen molar-refractivity contribution in [3.05, 3.63) is 0 Å². The first-order valence-corrected chi connectivity index (χ1v) is 3.70. The summed E-state index contributed by atoms with van der Waals surface area (Å²) in [6.07, 6.45) is -6.76. The van der Waals surface area contributed by atoms with Gasteiger partial charge in [-0.15, -0.1) is 0 Å². The Morgan fingerprint density at radius 1 is 1.33 bits per heavy atom. The average Bonchev–Trinajstić information content (AvgIpc) is 1.85. The van der Waals surface area contributed by atoms with Crippen molar-refractivity contribution in [3.63, 3.8) is 0 Å². The highest BCUT2D eigenvalue weighted by molar-refractivity contribution is 4.70. The van der Waals surface area contributed by atoms with Crippen LogP contribution < -0.4 is 0 Å². The zero-order chi connectivity index (χ0) is 9.94. The summed E-state index contributed by atoms with van der Waals surface area (Å²) in [5, 5.41) is 8.64. The molecule has 5 heteroatoms. The lowest BCUT2D eigenvalue weighted by molar-refractivity contribution is -0.208. The Labute approximate surface area is 70.0 Å². The van der Waals surface area contributed by atoms with E-state index in [1.54, 1.807) is 20.9 Å². The van der Waals surface area contributed by atoms with E-state index in [1.165, 1.54) is 4.90 Å². The SMILES string of the molecule is CC(C)N(C)CC(O)C(F)(F)F. The van der Waals surface area contributed by atoms with E-state index in [2.05, 4.69) is 0 Å². The molecule has 1 N–H and O–H groups in total. The summed E-state index contributed by atoms with van der Waals surface area (Å²) in [6, 6.07) is 0.00185. The Hall–Kier alpha value is -0.290. The van der Waals surface area contributed by atoms with Gasteiger partial charge in [-0.1, -0.05) is 0 Å². The van der Waals surface area contributed by atoms with E-state index in [9.17, 15) is 13.2 Å². The van der Waals surface area contributed by atoms with Crippen LogP contribution in [-0.2, 0) is 0 Å². The molecule has 0 spiro atoms. The van der Waals surface area contributed by atoms with E-state index >= 15 is 0 Å². The highest BCUT2D eigenvalue weighted by atomic mass is 19.4. The predicted octanol–water partition coefficient (Wildman–Crippen LogP) is 1.25. The predicted molar refractivity (Wildman–Crippen MR) is 39.8 cm³/mol. The number of aliphatic hydroxyl groups is 1. The highest BCUT2D eigenvalue weighted by Crippen LogP contribution is 2.20. The second-order valence-corrected chi connectivity index (χ2v) is 3.09. The summed E-state index contributed by atoms with van der Waals surface area (Å²) in [5.74, 6) is 0. The fraction of sp³-hybridized carbons (Fsp3) is 1.00. The van der Waals surface area contributed by atoms with Crippen molar-refractivity contribution in [2.75, 3.05) is 13.6 Å². The Bertz CT molecular complexity index is 135. The third-order valence-corrected chi connectivity index (χ3v) is 1.72. The molecule has 0 heterocycles. The molecule has 0 amide bonds. The molecule has 12 heavy (non-hydrogen) atoms. The summed E-state index contributed by atoms with van der Waals surface area (Å²) < 4.78 is 35.4. The summed E-state index contributed by atoms with van der Waals surface area (Å²) >= 11 is 0. The number of hydrogen-bond acceptors (Lipinski definition) is 2. The molecule has 0 aromatic rings. The topological polar surface area (TPSA) is 23.5 Å². The van der Waals surface area contributed by atoms with E-state index in [0.29, 0.717) is 0 Å². The fourth-order valence-corrected chi connectivity index (χ4v) is 0.587. The first kappa shape index (κ1) is 11.7. The number of hydrogen-bond donors (Lipinski definition) is 1. The summed E-state index contributed by atoms with van der Waals surface area (Å²) in [4.78, 5) is 1.44. The standard InChI is InChI=1S/C7H14F3NO/c1-5(2)11(3)4-6(12)7(8,9)10/h5-6,12H,4H2,1-3H3. The largest absolute Gasteiger partial charge is 0.415 e. The van der Waals surface area contributed by atoms with Crippen molar-refractivity contribution < 1.29 is 18.3 Å². The van der Waals surface area contributed by atoms with Crippen LogP contribution >= 0.6 is 0 Å². The fourth-order valence-electron chi connectivity index (χ4n) is 0.587. The van der Waals surface area contributed by atoms with Crippen LogP contribution in [0.4, 0.5) is 13.2 Å². The van der Waals surface area contributed by atoms with E-state index in [0.717, 1.165) is 0 Å². The molecule has 0 aliphatic carbocycles. The first-order chi connectivity index (χ1) is 5.25. The van der Waals surface area contributed by atoms with Gasteiger partial charge in [-0.25, -0.2) is 0 Å². The normalized spacial score (nSPS) is 15.8. The van der Waals surface area contributed by atoms with Crippen LogP contribution in [0.2, 0.25) is 0 Å². The van der Waals surface area contributed by atoms with Gasteiger partial charge in [0, 0.05) is 12.6 Å². The Morgan fingerprint density at radius 3 is 2.00 bits per heavy atom. The monoisotopic (exact) mass is 185 g/mol. The van der Waals surface area contributed by atoms with Gasteiger partial charge in [0.05, 0.1) is 0 Å². The van der Waals surface area contributed by atoms with Crippen LogP contribution in [0.15, 0.2) is 0 Å². The van der Waals surface area contributed by atoms with Crippen LogP contribution in [0.25, 0.3) is 0 Å². The van der Waals surface area contributed by atoms with Gasteiger partial charge in [0.15, 0.2) is 6.10 Å². The Balaban J connectivity index is 3.93. The third kappa shape index (κ3) is 3.92. The van der Waals surface area contributed by atoms with Gasteiger partial charge < -0.3 is 10.0 Å². The van der Waals surface area contributed by atoms with Gasteiger partial charge in [-0.05, 0) is 20.9 Å². The Kier molecular flexibility index (Phi) is 3.99. The minimum Gasteiger partial charge on any atom is -0.382 e. The lowest BCUT2D eigenvalue weighted by Crippen LogP contribution is -2.41. The van der Waals surface area contributed by atoms with Crippen molar-refractivity contribution in [2.24, 2.45) is 0 Å². The zero-order valence-electron chi connectivity index (χ0n) is 7.39. The summed E-state index contributed by atoms with van der Waals surface area (Å²) in [6.45, 7) is 3.16. The van der Waals surface area contributed by atoms with Crippen molar-refractivity contribution in [1.29, 1.82) is 0 Å². The molecule has 1 atom stereocenters. The van der Waals surface area contributed by atoms with Crippen LogP contribution in [0.3, 0.4) is 0 Å². The molecule has 1 unspecified atom stereocenters. The van der Waals surface area contributed by atoms with Gasteiger partial charge in [-0.2, -0.15) is 13.2 Å². The molecule has 0 aromatic heterocycles. The molecule has 0 saturated carbocycles.